The maximum absolute atomic E-state index is 13.1. The number of para-hydroxylation sites is 1. The van der Waals surface area contributed by atoms with Crippen molar-refractivity contribution in [2.75, 3.05) is 11.1 Å². The molecule has 0 bridgehead atoms. The molecule has 1 amide bonds. The van der Waals surface area contributed by atoms with E-state index in [2.05, 4.69) is 11.4 Å². The number of carbonyl (C=O) groups excluding carboxylic acids is 1. The van der Waals surface area contributed by atoms with Gasteiger partial charge < -0.3 is 5.32 Å². The van der Waals surface area contributed by atoms with Crippen molar-refractivity contribution in [3.63, 3.8) is 0 Å². The first-order valence-electron chi connectivity index (χ1n) is 6.89. The van der Waals surface area contributed by atoms with E-state index in [1.807, 2.05) is 19.1 Å². The van der Waals surface area contributed by atoms with Crippen LogP contribution < -0.4 is 5.32 Å². The number of nitrogens with zero attached hydrogens (tertiary/aromatic N) is 1. The molecule has 2 aromatic carbocycles. The van der Waals surface area contributed by atoms with Crippen LogP contribution in [0, 0.1) is 23.1 Å². The Morgan fingerprint density at radius 1 is 1.39 bits per heavy atom. The minimum absolute atomic E-state index is 0.0609. The van der Waals surface area contributed by atoms with Gasteiger partial charge in [-0.1, -0.05) is 23.7 Å². The average molecular weight is 349 g/mol. The van der Waals surface area contributed by atoms with Crippen LogP contribution >= 0.6 is 23.4 Å². The van der Waals surface area contributed by atoms with Crippen LogP contribution in [0.15, 0.2) is 47.4 Å². The van der Waals surface area contributed by atoms with Gasteiger partial charge in [0.05, 0.1) is 28.3 Å². The number of thioether (sulfide) groups is 1. The SMILES string of the molecule is C[C@@H](C#N)CSc1ccccc1NC(=O)c1ccc(F)cc1Cl. The summed E-state index contributed by atoms with van der Waals surface area (Å²) >= 11 is 7.40. The van der Waals surface area contributed by atoms with Gasteiger partial charge in [-0.15, -0.1) is 11.8 Å². The van der Waals surface area contributed by atoms with Crippen LogP contribution in [0.1, 0.15) is 17.3 Å². The van der Waals surface area contributed by atoms with Gasteiger partial charge in [-0.3, -0.25) is 4.79 Å². The normalized spacial score (nSPS) is 11.6. The first-order valence-corrected chi connectivity index (χ1v) is 8.25. The fraction of sp³-hybridized carbons (Fsp3) is 0.176. The molecular weight excluding hydrogens is 335 g/mol. The molecule has 3 nitrogen and oxygen atoms in total. The summed E-state index contributed by atoms with van der Waals surface area (Å²) in [5.41, 5.74) is 0.839. The maximum Gasteiger partial charge on any atom is 0.257 e. The Kier molecular flexibility index (Phi) is 6.03. The molecular formula is C17H14ClFN2OS. The topological polar surface area (TPSA) is 52.9 Å². The smallest absolute Gasteiger partial charge is 0.257 e. The van der Waals surface area contributed by atoms with E-state index < -0.39 is 11.7 Å². The van der Waals surface area contributed by atoms with Gasteiger partial charge in [0.25, 0.3) is 5.91 Å². The van der Waals surface area contributed by atoms with E-state index in [0.29, 0.717) is 11.4 Å². The molecule has 1 atom stereocenters. The number of anilines is 1. The average Bonchev–Trinajstić information content (AvgIpc) is 2.53. The lowest BCUT2D eigenvalue weighted by molar-refractivity contribution is 0.102. The van der Waals surface area contributed by atoms with Crippen LogP contribution in [-0.2, 0) is 0 Å². The Labute approximate surface area is 143 Å². The Hall–Kier alpha value is -2.03. The predicted octanol–water partition coefficient (Wildman–Crippen LogP) is 4.98. The lowest BCUT2D eigenvalue weighted by Gasteiger charge is -2.12. The monoisotopic (exact) mass is 348 g/mol. The zero-order valence-electron chi connectivity index (χ0n) is 12.3. The summed E-state index contributed by atoms with van der Waals surface area (Å²) in [5, 5.41) is 11.7. The van der Waals surface area contributed by atoms with Crippen LogP contribution in [0.3, 0.4) is 0 Å². The zero-order chi connectivity index (χ0) is 16.8. The van der Waals surface area contributed by atoms with Gasteiger partial charge in [0.2, 0.25) is 0 Å². The second kappa shape index (κ2) is 8.00. The van der Waals surface area contributed by atoms with Crippen molar-refractivity contribution in [2.45, 2.75) is 11.8 Å². The van der Waals surface area contributed by atoms with Gasteiger partial charge in [0.1, 0.15) is 5.82 Å². The van der Waals surface area contributed by atoms with Crippen molar-refractivity contribution >= 4 is 35.0 Å². The van der Waals surface area contributed by atoms with E-state index in [1.54, 1.807) is 12.1 Å². The van der Waals surface area contributed by atoms with E-state index in [0.717, 1.165) is 11.0 Å². The standard InChI is InChI=1S/C17H14ClFN2OS/c1-11(9-20)10-23-16-5-3-2-4-15(16)21-17(22)13-7-6-12(19)8-14(13)18/h2-8,11H,10H2,1H3,(H,21,22)/t11-/m0/s1. The summed E-state index contributed by atoms with van der Waals surface area (Å²) in [6.07, 6.45) is 0. The third-order valence-corrected chi connectivity index (χ3v) is 4.67. The molecule has 0 spiro atoms. The van der Waals surface area contributed by atoms with Crippen molar-refractivity contribution in [2.24, 2.45) is 5.92 Å². The number of nitriles is 1. The molecule has 23 heavy (non-hydrogen) atoms. The highest BCUT2D eigenvalue weighted by Gasteiger charge is 2.13. The number of hydrogen-bond acceptors (Lipinski definition) is 3. The van der Waals surface area contributed by atoms with Gasteiger partial charge >= 0.3 is 0 Å². The molecule has 0 radical (unpaired) electrons. The van der Waals surface area contributed by atoms with Crippen LogP contribution in [0.5, 0.6) is 0 Å². The minimum Gasteiger partial charge on any atom is -0.321 e. The number of hydrogen-bond donors (Lipinski definition) is 1. The first-order chi connectivity index (χ1) is 11.0. The first kappa shape index (κ1) is 17.3. The van der Waals surface area contributed by atoms with Gasteiger partial charge in [-0.05, 0) is 37.3 Å². The number of halogens is 2. The van der Waals surface area contributed by atoms with E-state index in [4.69, 9.17) is 16.9 Å². The van der Waals surface area contributed by atoms with Crippen molar-refractivity contribution in [1.82, 2.24) is 0 Å². The summed E-state index contributed by atoms with van der Waals surface area (Å²) in [5.74, 6) is -0.361. The van der Waals surface area contributed by atoms with E-state index in [9.17, 15) is 9.18 Å². The molecule has 0 aromatic heterocycles. The Balaban J connectivity index is 2.16. The van der Waals surface area contributed by atoms with Gasteiger partial charge in [0, 0.05) is 10.6 Å². The minimum atomic E-state index is -0.493. The summed E-state index contributed by atoms with van der Waals surface area (Å²) in [6, 6.07) is 13.1. The van der Waals surface area contributed by atoms with Crippen LogP contribution in [0.2, 0.25) is 5.02 Å². The van der Waals surface area contributed by atoms with Crippen molar-refractivity contribution in [3.8, 4) is 6.07 Å². The highest BCUT2D eigenvalue weighted by molar-refractivity contribution is 7.99. The van der Waals surface area contributed by atoms with Crippen LogP contribution in [0.25, 0.3) is 0 Å². The number of rotatable bonds is 5. The fourth-order valence-corrected chi connectivity index (χ4v) is 3.02. The lowest BCUT2D eigenvalue weighted by Crippen LogP contribution is -2.13. The molecule has 0 heterocycles. The third-order valence-electron chi connectivity index (χ3n) is 3.02. The van der Waals surface area contributed by atoms with Crippen LogP contribution in [-0.4, -0.2) is 11.7 Å². The molecule has 2 aromatic rings. The summed E-state index contributed by atoms with van der Waals surface area (Å²) in [7, 11) is 0. The van der Waals surface area contributed by atoms with Crippen molar-refractivity contribution in [1.29, 1.82) is 5.26 Å². The number of benzene rings is 2. The molecule has 0 fully saturated rings. The lowest BCUT2D eigenvalue weighted by atomic mass is 10.2. The molecule has 0 aliphatic carbocycles. The molecule has 2 rings (SSSR count). The summed E-state index contributed by atoms with van der Waals surface area (Å²) in [4.78, 5) is 13.2. The van der Waals surface area contributed by atoms with E-state index in [1.165, 1.54) is 23.9 Å². The maximum atomic E-state index is 13.1. The summed E-state index contributed by atoms with van der Waals surface area (Å²) in [6.45, 7) is 1.84. The molecule has 0 saturated carbocycles. The molecule has 118 valence electrons. The molecule has 0 unspecified atom stereocenters. The highest BCUT2D eigenvalue weighted by atomic mass is 35.5. The zero-order valence-corrected chi connectivity index (χ0v) is 13.9. The Morgan fingerprint density at radius 3 is 2.83 bits per heavy atom. The second-order valence-electron chi connectivity index (χ2n) is 4.92. The molecule has 0 aliphatic heterocycles. The number of nitrogens with one attached hydrogen (secondary N) is 1. The van der Waals surface area contributed by atoms with Gasteiger partial charge in [0.15, 0.2) is 0 Å². The van der Waals surface area contributed by atoms with E-state index in [-0.39, 0.29) is 16.5 Å². The quantitative estimate of drug-likeness (QED) is 0.775. The van der Waals surface area contributed by atoms with Crippen molar-refractivity contribution < 1.29 is 9.18 Å². The highest BCUT2D eigenvalue weighted by Crippen LogP contribution is 2.29. The predicted molar refractivity (Wildman–Crippen MR) is 91.3 cm³/mol. The van der Waals surface area contributed by atoms with Crippen LogP contribution in [0.4, 0.5) is 10.1 Å². The largest absolute Gasteiger partial charge is 0.321 e. The fourth-order valence-electron chi connectivity index (χ4n) is 1.81. The molecule has 0 saturated heterocycles. The molecule has 6 heteroatoms. The number of carbonyl (C=O) groups is 1. The van der Waals surface area contributed by atoms with Gasteiger partial charge in [-0.25, -0.2) is 4.39 Å². The second-order valence-corrected chi connectivity index (χ2v) is 6.38. The van der Waals surface area contributed by atoms with E-state index >= 15 is 0 Å². The molecule has 0 aliphatic rings. The summed E-state index contributed by atoms with van der Waals surface area (Å²) < 4.78 is 13.1. The Bertz CT molecular complexity index is 760. The third kappa shape index (κ3) is 4.72. The van der Waals surface area contributed by atoms with Crippen molar-refractivity contribution in [3.05, 3.63) is 58.9 Å². The van der Waals surface area contributed by atoms with Gasteiger partial charge in [-0.2, -0.15) is 5.26 Å². The Morgan fingerprint density at radius 2 is 2.13 bits per heavy atom. The molecule has 1 N–H and O–H groups in total. The number of amides is 1.